The van der Waals surface area contributed by atoms with Crippen LogP contribution in [0.4, 0.5) is 8.78 Å². The molecule has 1 aliphatic rings. The zero-order valence-electron chi connectivity index (χ0n) is 18.5. The van der Waals surface area contributed by atoms with Gasteiger partial charge < -0.3 is 5.32 Å². The molecule has 7 nitrogen and oxygen atoms in total. The van der Waals surface area contributed by atoms with Crippen molar-refractivity contribution in [3.05, 3.63) is 81.3 Å². The summed E-state index contributed by atoms with van der Waals surface area (Å²) in [5.41, 5.74) is 2.99. The number of fused-ring (bicyclic) bond motifs is 2. The lowest BCUT2D eigenvalue weighted by atomic mass is 10.1. The van der Waals surface area contributed by atoms with Crippen LogP contribution >= 0.6 is 11.8 Å². The highest BCUT2D eigenvalue weighted by Crippen LogP contribution is 2.33. The van der Waals surface area contributed by atoms with Crippen LogP contribution in [0.2, 0.25) is 0 Å². The van der Waals surface area contributed by atoms with Crippen molar-refractivity contribution in [3.8, 4) is 5.69 Å². The smallest absolute Gasteiger partial charge is 0.265 e. The van der Waals surface area contributed by atoms with Crippen molar-refractivity contribution in [2.75, 3.05) is 5.75 Å². The van der Waals surface area contributed by atoms with Gasteiger partial charge in [0.05, 0.1) is 17.9 Å². The third-order valence-corrected chi connectivity index (χ3v) is 6.99. The van der Waals surface area contributed by atoms with Crippen LogP contribution in [-0.4, -0.2) is 31.0 Å². The summed E-state index contributed by atoms with van der Waals surface area (Å²) in [6.45, 7) is 3.72. The van der Waals surface area contributed by atoms with Crippen LogP contribution in [0.25, 0.3) is 16.7 Å². The van der Waals surface area contributed by atoms with Gasteiger partial charge in [0.1, 0.15) is 17.0 Å². The second kappa shape index (κ2) is 8.68. The molecule has 5 rings (SSSR count). The molecule has 0 spiro atoms. The minimum Gasteiger partial charge on any atom is -0.352 e. The zero-order chi connectivity index (χ0) is 24.0. The first-order valence-electron chi connectivity index (χ1n) is 10.7. The SMILES string of the molecule is Cc1ccc(-n2ncc3c(=O)n4c(nc32)SCC4CC(=O)NCc2c(F)cccc2F)c(C)c1. The van der Waals surface area contributed by atoms with E-state index in [2.05, 4.69) is 15.4 Å². The third kappa shape index (κ3) is 3.87. The average Bonchev–Trinajstić information content (AvgIpc) is 3.38. The van der Waals surface area contributed by atoms with E-state index in [-0.39, 0.29) is 24.1 Å². The van der Waals surface area contributed by atoms with Crippen molar-refractivity contribution in [1.82, 2.24) is 24.6 Å². The van der Waals surface area contributed by atoms with E-state index in [1.165, 1.54) is 28.6 Å². The lowest BCUT2D eigenvalue weighted by molar-refractivity contribution is -0.121. The van der Waals surface area contributed by atoms with Crippen molar-refractivity contribution < 1.29 is 13.6 Å². The number of nitrogens with one attached hydrogen (secondary N) is 1. The van der Waals surface area contributed by atoms with Crippen LogP contribution in [0, 0.1) is 25.5 Å². The molecule has 1 unspecified atom stereocenters. The number of benzene rings is 2. The van der Waals surface area contributed by atoms with Crippen LogP contribution in [0.3, 0.4) is 0 Å². The van der Waals surface area contributed by atoms with E-state index in [0.29, 0.717) is 21.9 Å². The number of carbonyl (C=O) groups is 1. The van der Waals surface area contributed by atoms with Gasteiger partial charge >= 0.3 is 0 Å². The summed E-state index contributed by atoms with van der Waals surface area (Å²) in [5, 5.41) is 7.84. The minimum absolute atomic E-state index is 0.00558. The molecule has 0 radical (unpaired) electrons. The summed E-state index contributed by atoms with van der Waals surface area (Å²) < 4.78 is 30.8. The van der Waals surface area contributed by atoms with Gasteiger partial charge in [0.15, 0.2) is 10.8 Å². The molecule has 1 aliphatic heterocycles. The molecule has 0 bridgehead atoms. The van der Waals surface area contributed by atoms with E-state index >= 15 is 0 Å². The first kappa shape index (κ1) is 22.3. The molecule has 0 saturated carbocycles. The molecule has 0 aliphatic carbocycles. The number of hydrogen-bond acceptors (Lipinski definition) is 5. The summed E-state index contributed by atoms with van der Waals surface area (Å²) in [4.78, 5) is 30.5. The van der Waals surface area contributed by atoms with Crippen LogP contribution in [0.1, 0.15) is 29.2 Å². The molecule has 10 heteroatoms. The first-order chi connectivity index (χ1) is 16.3. The zero-order valence-corrected chi connectivity index (χ0v) is 19.3. The summed E-state index contributed by atoms with van der Waals surface area (Å²) >= 11 is 1.39. The Kier molecular flexibility index (Phi) is 5.68. The van der Waals surface area contributed by atoms with E-state index in [4.69, 9.17) is 0 Å². The van der Waals surface area contributed by atoms with Crippen molar-refractivity contribution in [3.63, 3.8) is 0 Å². The lowest BCUT2D eigenvalue weighted by Crippen LogP contribution is -2.31. The minimum atomic E-state index is -0.717. The lowest BCUT2D eigenvalue weighted by Gasteiger charge is -2.14. The van der Waals surface area contributed by atoms with Gasteiger partial charge in [-0.05, 0) is 37.6 Å². The highest BCUT2D eigenvalue weighted by Gasteiger charge is 2.29. The van der Waals surface area contributed by atoms with Crippen LogP contribution in [0.5, 0.6) is 0 Å². The second-order valence-corrected chi connectivity index (χ2v) is 9.29. The quantitative estimate of drug-likeness (QED) is 0.438. The molecular weight excluding hydrogens is 460 g/mol. The Labute approximate surface area is 197 Å². The van der Waals surface area contributed by atoms with Crippen molar-refractivity contribution in [1.29, 1.82) is 0 Å². The fourth-order valence-electron chi connectivity index (χ4n) is 4.17. The molecule has 3 heterocycles. The average molecular weight is 482 g/mol. The Morgan fingerprint density at radius 1 is 1.21 bits per heavy atom. The second-order valence-electron chi connectivity index (χ2n) is 8.30. The molecule has 34 heavy (non-hydrogen) atoms. The molecule has 174 valence electrons. The molecule has 4 aromatic rings. The van der Waals surface area contributed by atoms with Gasteiger partial charge in [-0.15, -0.1) is 0 Å². The third-order valence-electron chi connectivity index (χ3n) is 5.90. The molecule has 0 fully saturated rings. The molecule has 1 amide bonds. The van der Waals surface area contributed by atoms with Gasteiger partial charge in [-0.2, -0.15) is 5.10 Å². The fraction of sp³-hybridized carbons (Fsp3) is 0.250. The maximum absolute atomic E-state index is 13.8. The monoisotopic (exact) mass is 481 g/mol. The van der Waals surface area contributed by atoms with Gasteiger partial charge in [-0.25, -0.2) is 18.4 Å². The fourth-order valence-corrected chi connectivity index (χ4v) is 5.30. The Morgan fingerprint density at radius 2 is 1.97 bits per heavy atom. The first-order valence-corrected chi connectivity index (χ1v) is 11.7. The largest absolute Gasteiger partial charge is 0.352 e. The molecule has 2 aromatic carbocycles. The number of carbonyl (C=O) groups excluding carboxylic acids is 1. The van der Waals surface area contributed by atoms with E-state index < -0.39 is 23.6 Å². The van der Waals surface area contributed by atoms with Gasteiger partial charge in [0, 0.05) is 24.3 Å². The summed E-state index contributed by atoms with van der Waals surface area (Å²) in [5.74, 6) is -1.34. The topological polar surface area (TPSA) is 81.8 Å². The van der Waals surface area contributed by atoms with E-state index in [9.17, 15) is 18.4 Å². The molecule has 1 atom stereocenters. The van der Waals surface area contributed by atoms with Crippen molar-refractivity contribution >= 4 is 28.7 Å². The van der Waals surface area contributed by atoms with Crippen molar-refractivity contribution in [2.24, 2.45) is 0 Å². The highest BCUT2D eigenvalue weighted by molar-refractivity contribution is 7.99. The van der Waals surface area contributed by atoms with E-state index in [1.807, 2.05) is 32.0 Å². The predicted molar refractivity (Wildman–Crippen MR) is 125 cm³/mol. The Morgan fingerprint density at radius 3 is 2.71 bits per heavy atom. The summed E-state index contributed by atoms with van der Waals surface area (Å²) in [6, 6.07) is 9.10. The van der Waals surface area contributed by atoms with Gasteiger partial charge in [0.2, 0.25) is 5.91 Å². The number of rotatable bonds is 5. The summed E-state index contributed by atoms with van der Waals surface area (Å²) in [6.07, 6.45) is 1.49. The maximum atomic E-state index is 13.8. The van der Waals surface area contributed by atoms with Crippen LogP contribution in [0.15, 0.2) is 52.5 Å². The molecule has 2 aromatic heterocycles. The van der Waals surface area contributed by atoms with Gasteiger partial charge in [-0.3, -0.25) is 14.2 Å². The highest BCUT2D eigenvalue weighted by atomic mass is 32.2. The molecule has 0 saturated heterocycles. The number of hydrogen-bond donors (Lipinski definition) is 1. The predicted octanol–water partition coefficient (Wildman–Crippen LogP) is 3.83. The molecule has 1 N–H and O–H groups in total. The normalized spacial score (nSPS) is 15.0. The maximum Gasteiger partial charge on any atom is 0.265 e. The standard InChI is InChI=1S/C24H21F2N5O2S/c1-13-6-7-20(14(2)8-13)31-22-17(11-28-31)23(33)30-15(12-34-24(30)29-22)9-21(32)27-10-16-18(25)4-3-5-19(16)26/h3-8,11,15H,9-10,12H2,1-2H3,(H,27,32). The Bertz CT molecular complexity index is 1480. The number of thioether (sulfide) groups is 1. The van der Waals surface area contributed by atoms with E-state index in [1.54, 1.807) is 4.68 Å². The number of aromatic nitrogens is 4. The number of aryl methyl sites for hydroxylation is 2. The van der Waals surface area contributed by atoms with Crippen LogP contribution in [-0.2, 0) is 11.3 Å². The number of nitrogens with zero attached hydrogens (tertiary/aromatic N) is 4. The molecular formula is C24H21F2N5O2S. The van der Waals surface area contributed by atoms with Gasteiger partial charge in [-0.1, -0.05) is 35.5 Å². The Hall–Kier alpha value is -3.53. The Balaban J connectivity index is 1.40. The van der Waals surface area contributed by atoms with E-state index in [0.717, 1.165) is 28.9 Å². The van der Waals surface area contributed by atoms with Crippen LogP contribution < -0.4 is 10.9 Å². The summed E-state index contributed by atoms with van der Waals surface area (Å²) in [7, 11) is 0. The van der Waals surface area contributed by atoms with Crippen molar-refractivity contribution in [2.45, 2.75) is 38.0 Å². The number of halogens is 2. The number of amides is 1. The van der Waals surface area contributed by atoms with Gasteiger partial charge in [0.25, 0.3) is 5.56 Å².